The number of likely N-dealkylation sites (tertiary alicyclic amines) is 1. The van der Waals surface area contributed by atoms with Crippen LogP contribution in [0, 0.1) is 0 Å². The highest BCUT2D eigenvalue weighted by Crippen LogP contribution is 2.15. The minimum Gasteiger partial charge on any atom is -0.351 e. The van der Waals surface area contributed by atoms with E-state index in [9.17, 15) is 4.79 Å². The minimum atomic E-state index is -0.00308. The van der Waals surface area contributed by atoms with Gasteiger partial charge in [-0.25, -0.2) is 0 Å². The Balaban J connectivity index is 1.79. The second-order valence-electron chi connectivity index (χ2n) is 4.28. The summed E-state index contributed by atoms with van der Waals surface area (Å²) in [6.07, 6.45) is 2.58. The van der Waals surface area contributed by atoms with E-state index in [-0.39, 0.29) is 5.91 Å². The maximum Gasteiger partial charge on any atom is 0.252 e. The zero-order valence-electron chi connectivity index (χ0n) is 9.79. The van der Waals surface area contributed by atoms with Crippen molar-refractivity contribution < 1.29 is 4.79 Å². The Kier molecular flexibility index (Phi) is 4.57. The van der Waals surface area contributed by atoms with Crippen LogP contribution in [-0.4, -0.2) is 37.0 Å². The molecular formula is C13H17BrN2O. The highest BCUT2D eigenvalue weighted by atomic mass is 79.9. The molecule has 0 spiro atoms. The Morgan fingerprint density at radius 1 is 1.29 bits per heavy atom. The molecule has 17 heavy (non-hydrogen) atoms. The highest BCUT2D eigenvalue weighted by molar-refractivity contribution is 9.10. The fraction of sp³-hybridized carbons (Fsp3) is 0.462. The minimum absolute atomic E-state index is 0.00308. The van der Waals surface area contributed by atoms with Crippen molar-refractivity contribution in [1.29, 1.82) is 0 Å². The van der Waals surface area contributed by atoms with Crippen molar-refractivity contribution in [3.8, 4) is 0 Å². The Hall–Kier alpha value is -0.870. The molecule has 1 aliphatic rings. The average Bonchev–Trinajstić information content (AvgIpc) is 2.82. The monoisotopic (exact) mass is 296 g/mol. The number of halogens is 1. The molecule has 3 nitrogen and oxygen atoms in total. The van der Waals surface area contributed by atoms with Crippen molar-refractivity contribution in [3.05, 3.63) is 34.3 Å². The van der Waals surface area contributed by atoms with Crippen molar-refractivity contribution >= 4 is 21.8 Å². The molecule has 1 amide bonds. The highest BCUT2D eigenvalue weighted by Gasteiger charge is 2.12. The largest absolute Gasteiger partial charge is 0.351 e. The maximum atomic E-state index is 11.9. The van der Waals surface area contributed by atoms with Gasteiger partial charge in [0.2, 0.25) is 0 Å². The molecule has 92 valence electrons. The quantitative estimate of drug-likeness (QED) is 0.924. The molecule has 1 saturated heterocycles. The number of benzene rings is 1. The fourth-order valence-corrected chi connectivity index (χ4v) is 2.54. The summed E-state index contributed by atoms with van der Waals surface area (Å²) < 4.78 is 0.846. The summed E-state index contributed by atoms with van der Waals surface area (Å²) in [5, 5.41) is 2.96. The normalized spacial score (nSPS) is 16.1. The van der Waals surface area contributed by atoms with E-state index in [1.165, 1.54) is 25.9 Å². The molecule has 1 aromatic carbocycles. The van der Waals surface area contributed by atoms with Gasteiger partial charge in [-0.15, -0.1) is 0 Å². The molecule has 0 radical (unpaired) electrons. The Morgan fingerprint density at radius 2 is 2.00 bits per heavy atom. The number of rotatable bonds is 4. The summed E-state index contributed by atoms with van der Waals surface area (Å²) in [5.74, 6) is -0.00308. The van der Waals surface area contributed by atoms with Crippen LogP contribution in [0.25, 0.3) is 0 Å². The van der Waals surface area contributed by atoms with Gasteiger partial charge in [0, 0.05) is 17.6 Å². The molecule has 0 aromatic heterocycles. The Labute approximate surface area is 110 Å². The smallest absolute Gasteiger partial charge is 0.252 e. The van der Waals surface area contributed by atoms with Crippen molar-refractivity contribution in [3.63, 3.8) is 0 Å². The summed E-state index contributed by atoms with van der Waals surface area (Å²) in [6, 6.07) is 7.50. The zero-order valence-corrected chi connectivity index (χ0v) is 11.4. The topological polar surface area (TPSA) is 32.3 Å². The van der Waals surface area contributed by atoms with Gasteiger partial charge >= 0.3 is 0 Å². The van der Waals surface area contributed by atoms with Crippen LogP contribution in [0.3, 0.4) is 0 Å². The predicted octanol–water partition coefficient (Wildman–Crippen LogP) is 2.27. The van der Waals surface area contributed by atoms with Crippen LogP contribution >= 0.6 is 15.9 Å². The molecular weight excluding hydrogens is 280 g/mol. The Bertz CT molecular complexity index is 389. The molecule has 4 heteroatoms. The van der Waals surface area contributed by atoms with E-state index in [2.05, 4.69) is 26.1 Å². The van der Waals surface area contributed by atoms with Gasteiger partial charge < -0.3 is 10.2 Å². The second-order valence-corrected chi connectivity index (χ2v) is 5.14. The lowest BCUT2D eigenvalue weighted by molar-refractivity contribution is 0.0949. The van der Waals surface area contributed by atoms with E-state index >= 15 is 0 Å². The summed E-state index contributed by atoms with van der Waals surface area (Å²) in [4.78, 5) is 14.3. The van der Waals surface area contributed by atoms with Gasteiger partial charge in [-0.3, -0.25) is 4.79 Å². The lowest BCUT2D eigenvalue weighted by Gasteiger charge is -2.14. The molecule has 2 rings (SSSR count). The van der Waals surface area contributed by atoms with Gasteiger partial charge in [-0.05, 0) is 54.0 Å². The average molecular weight is 297 g/mol. The second kappa shape index (κ2) is 6.17. The molecule has 0 saturated carbocycles. The van der Waals surface area contributed by atoms with E-state index in [0.717, 1.165) is 17.6 Å². The number of amides is 1. The van der Waals surface area contributed by atoms with Crippen LogP contribution in [0.1, 0.15) is 23.2 Å². The number of carbonyl (C=O) groups is 1. The molecule has 1 aliphatic heterocycles. The molecule has 0 atom stereocenters. The summed E-state index contributed by atoms with van der Waals surface area (Å²) in [6.45, 7) is 4.02. The van der Waals surface area contributed by atoms with Crippen LogP contribution in [-0.2, 0) is 0 Å². The zero-order chi connectivity index (χ0) is 12.1. The van der Waals surface area contributed by atoms with E-state index in [1.54, 1.807) is 0 Å². The molecule has 0 unspecified atom stereocenters. The van der Waals surface area contributed by atoms with Crippen molar-refractivity contribution in [2.75, 3.05) is 26.2 Å². The maximum absolute atomic E-state index is 11.9. The number of carbonyl (C=O) groups excluding carboxylic acids is 1. The van der Waals surface area contributed by atoms with Gasteiger partial charge in [0.15, 0.2) is 0 Å². The van der Waals surface area contributed by atoms with E-state index < -0.39 is 0 Å². The first-order valence-electron chi connectivity index (χ1n) is 6.02. The molecule has 1 aromatic rings. The molecule has 1 heterocycles. The van der Waals surface area contributed by atoms with E-state index in [0.29, 0.717) is 5.56 Å². The van der Waals surface area contributed by atoms with Crippen molar-refractivity contribution in [1.82, 2.24) is 10.2 Å². The van der Waals surface area contributed by atoms with Crippen molar-refractivity contribution in [2.45, 2.75) is 12.8 Å². The molecule has 1 N–H and O–H groups in total. The third-order valence-corrected chi connectivity index (χ3v) is 3.72. The number of hydrogen-bond donors (Lipinski definition) is 1. The fourth-order valence-electron chi connectivity index (χ4n) is 2.07. The first-order chi connectivity index (χ1) is 8.27. The van der Waals surface area contributed by atoms with Crippen LogP contribution in [0.5, 0.6) is 0 Å². The first kappa shape index (κ1) is 12.6. The van der Waals surface area contributed by atoms with Crippen molar-refractivity contribution in [2.24, 2.45) is 0 Å². The summed E-state index contributed by atoms with van der Waals surface area (Å²) in [5.41, 5.74) is 0.703. The van der Waals surface area contributed by atoms with Gasteiger partial charge in [0.1, 0.15) is 0 Å². The van der Waals surface area contributed by atoms with Gasteiger partial charge in [-0.2, -0.15) is 0 Å². The number of hydrogen-bond acceptors (Lipinski definition) is 2. The Morgan fingerprint density at radius 3 is 2.71 bits per heavy atom. The van der Waals surface area contributed by atoms with Gasteiger partial charge in [0.05, 0.1) is 5.56 Å². The van der Waals surface area contributed by atoms with Gasteiger partial charge in [-0.1, -0.05) is 12.1 Å². The molecule has 0 bridgehead atoms. The molecule has 0 aliphatic carbocycles. The summed E-state index contributed by atoms with van der Waals surface area (Å²) >= 11 is 3.38. The van der Waals surface area contributed by atoms with E-state index in [4.69, 9.17) is 0 Å². The third-order valence-electron chi connectivity index (χ3n) is 3.03. The van der Waals surface area contributed by atoms with Crippen LogP contribution in [0.4, 0.5) is 0 Å². The lowest BCUT2D eigenvalue weighted by atomic mass is 10.2. The van der Waals surface area contributed by atoms with E-state index in [1.807, 2.05) is 24.3 Å². The SMILES string of the molecule is O=C(NCCN1CCCC1)c1ccccc1Br. The van der Waals surface area contributed by atoms with Gasteiger partial charge in [0.25, 0.3) is 5.91 Å². The first-order valence-corrected chi connectivity index (χ1v) is 6.82. The number of nitrogens with zero attached hydrogens (tertiary/aromatic N) is 1. The summed E-state index contributed by atoms with van der Waals surface area (Å²) in [7, 11) is 0. The van der Waals surface area contributed by atoms with Crippen LogP contribution < -0.4 is 5.32 Å². The third kappa shape index (κ3) is 3.54. The predicted molar refractivity (Wildman–Crippen MR) is 72.1 cm³/mol. The standard InChI is InChI=1S/C13H17BrN2O/c14-12-6-2-1-5-11(12)13(17)15-7-10-16-8-3-4-9-16/h1-2,5-6H,3-4,7-10H2,(H,15,17). The lowest BCUT2D eigenvalue weighted by Crippen LogP contribution is -2.33. The van der Waals surface area contributed by atoms with Crippen LogP contribution in [0.15, 0.2) is 28.7 Å². The van der Waals surface area contributed by atoms with Crippen LogP contribution in [0.2, 0.25) is 0 Å². The molecule has 1 fully saturated rings. The number of nitrogens with one attached hydrogen (secondary N) is 1.